The van der Waals surface area contributed by atoms with E-state index in [0.717, 1.165) is 11.3 Å². The quantitative estimate of drug-likeness (QED) is 0.871. The van der Waals surface area contributed by atoms with Crippen molar-refractivity contribution in [2.24, 2.45) is 0 Å². The largest absolute Gasteiger partial charge is 0.350 e. The Hall–Kier alpha value is -1.87. The van der Waals surface area contributed by atoms with Crippen molar-refractivity contribution in [1.82, 2.24) is 10.3 Å². The van der Waals surface area contributed by atoms with Gasteiger partial charge in [-0.05, 0) is 24.6 Å². The summed E-state index contributed by atoms with van der Waals surface area (Å²) in [6.45, 7) is 2.25. The summed E-state index contributed by atoms with van der Waals surface area (Å²) in [6.07, 6.45) is 1.62. The minimum Gasteiger partial charge on any atom is -0.350 e. The Kier molecular flexibility index (Phi) is 4.53. The molecule has 98 valence electrons. The molecule has 1 N–H and O–H groups in total. The van der Waals surface area contributed by atoms with Gasteiger partial charge in [-0.1, -0.05) is 30.3 Å². The first-order valence-electron chi connectivity index (χ1n) is 6.06. The predicted molar refractivity (Wildman–Crippen MR) is 76.3 cm³/mol. The Morgan fingerprint density at radius 3 is 2.74 bits per heavy atom. The molecule has 0 radical (unpaired) electrons. The molecular formula is C15H15ClN2O. The third kappa shape index (κ3) is 3.80. The number of halogens is 1. The molecule has 2 rings (SSSR count). The molecule has 0 saturated carbocycles. The number of aryl methyl sites for hydroxylation is 1. The summed E-state index contributed by atoms with van der Waals surface area (Å²) in [6, 6.07) is 13.1. The third-order valence-corrected chi connectivity index (χ3v) is 3.17. The monoisotopic (exact) mass is 274 g/mol. The Morgan fingerprint density at radius 2 is 2.05 bits per heavy atom. The topological polar surface area (TPSA) is 42.0 Å². The number of hydrogen-bond donors (Lipinski definition) is 1. The van der Waals surface area contributed by atoms with Gasteiger partial charge < -0.3 is 5.32 Å². The molecular weight excluding hydrogens is 260 g/mol. The van der Waals surface area contributed by atoms with Gasteiger partial charge in [-0.3, -0.25) is 9.78 Å². The second-order valence-electron chi connectivity index (χ2n) is 4.27. The maximum absolute atomic E-state index is 11.9. The first-order valence-corrected chi connectivity index (χ1v) is 6.50. The van der Waals surface area contributed by atoms with Crippen molar-refractivity contribution >= 4 is 17.5 Å². The van der Waals surface area contributed by atoms with Gasteiger partial charge in [-0.2, -0.15) is 0 Å². The van der Waals surface area contributed by atoms with Crippen LogP contribution in [-0.2, 0) is 0 Å². The highest BCUT2D eigenvalue weighted by Crippen LogP contribution is 2.18. The smallest absolute Gasteiger partial charge is 0.251 e. The van der Waals surface area contributed by atoms with Gasteiger partial charge in [0.2, 0.25) is 0 Å². The van der Waals surface area contributed by atoms with Crippen LogP contribution in [0.3, 0.4) is 0 Å². The molecule has 4 heteroatoms. The third-order valence-electron chi connectivity index (χ3n) is 2.76. The first kappa shape index (κ1) is 13.6. The molecule has 1 atom stereocenters. The zero-order valence-electron chi connectivity index (χ0n) is 10.6. The van der Waals surface area contributed by atoms with Crippen LogP contribution in [0.25, 0.3) is 0 Å². The second kappa shape index (κ2) is 6.34. The summed E-state index contributed by atoms with van der Waals surface area (Å²) in [7, 11) is 0. The highest BCUT2D eigenvalue weighted by Gasteiger charge is 2.10. The van der Waals surface area contributed by atoms with Crippen LogP contribution in [-0.4, -0.2) is 17.4 Å². The van der Waals surface area contributed by atoms with E-state index in [9.17, 15) is 4.79 Å². The van der Waals surface area contributed by atoms with E-state index >= 15 is 0 Å². The minimum atomic E-state index is -0.229. The summed E-state index contributed by atoms with van der Waals surface area (Å²) in [5.74, 6) is -0.132. The molecule has 0 saturated heterocycles. The van der Waals surface area contributed by atoms with Crippen molar-refractivity contribution in [1.29, 1.82) is 0 Å². The molecule has 2 aromatic rings. The van der Waals surface area contributed by atoms with Crippen LogP contribution >= 0.6 is 11.6 Å². The van der Waals surface area contributed by atoms with E-state index in [1.54, 1.807) is 18.3 Å². The number of hydrogen-bond acceptors (Lipinski definition) is 2. The zero-order chi connectivity index (χ0) is 13.7. The molecule has 0 aliphatic heterocycles. The van der Waals surface area contributed by atoms with Crippen LogP contribution in [0.1, 0.15) is 27.0 Å². The average molecular weight is 275 g/mol. The normalized spacial score (nSPS) is 11.9. The summed E-state index contributed by atoms with van der Waals surface area (Å²) < 4.78 is 0. The van der Waals surface area contributed by atoms with Gasteiger partial charge in [-0.15, -0.1) is 11.6 Å². The zero-order valence-corrected chi connectivity index (χ0v) is 11.4. The molecule has 0 fully saturated rings. The Labute approximate surface area is 117 Å². The van der Waals surface area contributed by atoms with E-state index in [4.69, 9.17) is 11.6 Å². The van der Waals surface area contributed by atoms with Crippen molar-refractivity contribution in [2.75, 3.05) is 6.54 Å². The number of alkyl halides is 1. The molecule has 1 aromatic heterocycles. The molecule has 0 aliphatic carbocycles. The lowest BCUT2D eigenvalue weighted by Crippen LogP contribution is -2.26. The van der Waals surface area contributed by atoms with E-state index in [-0.39, 0.29) is 11.3 Å². The van der Waals surface area contributed by atoms with Crippen molar-refractivity contribution in [3.05, 3.63) is 65.5 Å². The van der Waals surface area contributed by atoms with E-state index < -0.39 is 0 Å². The fourth-order valence-corrected chi connectivity index (χ4v) is 1.97. The highest BCUT2D eigenvalue weighted by molar-refractivity contribution is 6.21. The van der Waals surface area contributed by atoms with E-state index in [1.165, 1.54) is 0 Å². The number of carbonyl (C=O) groups is 1. The maximum atomic E-state index is 11.9. The highest BCUT2D eigenvalue weighted by atomic mass is 35.5. The van der Waals surface area contributed by atoms with Gasteiger partial charge in [0.05, 0.1) is 5.38 Å². The molecule has 1 amide bonds. The number of aromatic nitrogens is 1. The standard InChI is InChI=1S/C15H15ClN2O/c1-11-9-13(7-8-17-11)15(19)18-10-14(16)12-5-3-2-4-6-12/h2-9,14H,10H2,1H3,(H,18,19). The number of carbonyl (C=O) groups excluding carboxylic acids is 1. The summed E-state index contributed by atoms with van der Waals surface area (Å²) >= 11 is 6.24. The first-order chi connectivity index (χ1) is 9.16. The fraction of sp³-hybridized carbons (Fsp3) is 0.200. The number of nitrogens with zero attached hydrogens (tertiary/aromatic N) is 1. The fourth-order valence-electron chi connectivity index (χ4n) is 1.75. The van der Waals surface area contributed by atoms with E-state index in [2.05, 4.69) is 10.3 Å². The van der Waals surface area contributed by atoms with Gasteiger partial charge in [0, 0.05) is 24.0 Å². The molecule has 1 unspecified atom stereocenters. The average Bonchev–Trinajstić information content (AvgIpc) is 2.45. The molecule has 19 heavy (non-hydrogen) atoms. The van der Waals surface area contributed by atoms with Gasteiger partial charge >= 0.3 is 0 Å². The van der Waals surface area contributed by atoms with Crippen molar-refractivity contribution in [3.8, 4) is 0 Å². The number of rotatable bonds is 4. The van der Waals surface area contributed by atoms with Crippen molar-refractivity contribution < 1.29 is 4.79 Å². The Bertz CT molecular complexity index is 557. The maximum Gasteiger partial charge on any atom is 0.251 e. The van der Waals surface area contributed by atoms with Crippen LogP contribution in [0, 0.1) is 6.92 Å². The van der Waals surface area contributed by atoms with Gasteiger partial charge in [0.1, 0.15) is 0 Å². The van der Waals surface area contributed by atoms with Gasteiger partial charge in [-0.25, -0.2) is 0 Å². The Morgan fingerprint density at radius 1 is 1.32 bits per heavy atom. The molecule has 0 spiro atoms. The second-order valence-corrected chi connectivity index (χ2v) is 4.80. The lowest BCUT2D eigenvalue weighted by molar-refractivity contribution is 0.0953. The van der Waals surface area contributed by atoms with Crippen LogP contribution in [0.2, 0.25) is 0 Å². The number of pyridine rings is 1. The summed E-state index contributed by atoms with van der Waals surface area (Å²) in [4.78, 5) is 16.0. The van der Waals surface area contributed by atoms with Crippen LogP contribution in [0.5, 0.6) is 0 Å². The van der Waals surface area contributed by atoms with E-state index in [0.29, 0.717) is 12.1 Å². The SMILES string of the molecule is Cc1cc(C(=O)NCC(Cl)c2ccccc2)ccn1. The molecule has 1 heterocycles. The Balaban J connectivity index is 1.94. The van der Waals surface area contributed by atoms with Crippen molar-refractivity contribution in [2.45, 2.75) is 12.3 Å². The lowest BCUT2D eigenvalue weighted by atomic mass is 10.1. The summed E-state index contributed by atoms with van der Waals surface area (Å²) in [5, 5.41) is 2.60. The molecule has 3 nitrogen and oxygen atoms in total. The van der Waals surface area contributed by atoms with Crippen LogP contribution < -0.4 is 5.32 Å². The number of amides is 1. The molecule has 0 aliphatic rings. The van der Waals surface area contributed by atoms with Gasteiger partial charge in [0.25, 0.3) is 5.91 Å². The number of nitrogens with one attached hydrogen (secondary N) is 1. The molecule has 1 aromatic carbocycles. The molecule has 0 bridgehead atoms. The van der Waals surface area contributed by atoms with Crippen molar-refractivity contribution in [3.63, 3.8) is 0 Å². The van der Waals surface area contributed by atoms with Crippen LogP contribution in [0.15, 0.2) is 48.7 Å². The van der Waals surface area contributed by atoms with Gasteiger partial charge in [0.15, 0.2) is 0 Å². The minimum absolute atomic E-state index is 0.132. The predicted octanol–water partition coefficient (Wildman–Crippen LogP) is 3.10. The lowest BCUT2D eigenvalue weighted by Gasteiger charge is -2.11. The van der Waals surface area contributed by atoms with Crippen LogP contribution in [0.4, 0.5) is 0 Å². The number of benzene rings is 1. The van der Waals surface area contributed by atoms with E-state index in [1.807, 2.05) is 37.3 Å². The summed E-state index contributed by atoms with van der Waals surface area (Å²) in [5.41, 5.74) is 2.41.